The lowest BCUT2D eigenvalue weighted by Gasteiger charge is -2.13. The van der Waals surface area contributed by atoms with E-state index in [1.54, 1.807) is 11.0 Å². The van der Waals surface area contributed by atoms with Gasteiger partial charge in [-0.15, -0.1) is 0 Å². The topological polar surface area (TPSA) is 49.8 Å². The minimum absolute atomic E-state index is 0.00394. The smallest absolute Gasteiger partial charge is 0.258 e. The highest BCUT2D eigenvalue weighted by Crippen LogP contribution is 2.39. The number of nitrogens with zero attached hydrogens (tertiary/aromatic N) is 1. The van der Waals surface area contributed by atoms with E-state index in [9.17, 15) is 9.90 Å². The molecule has 4 nitrogen and oxygen atoms in total. The van der Waals surface area contributed by atoms with Crippen molar-refractivity contribution < 1.29 is 14.6 Å². The van der Waals surface area contributed by atoms with Gasteiger partial charge in [-0.3, -0.25) is 4.79 Å². The number of carbonyl (C=O) groups excluding carboxylic acids is 1. The summed E-state index contributed by atoms with van der Waals surface area (Å²) in [6.45, 7) is 2.59. The second-order valence-corrected chi connectivity index (χ2v) is 6.34. The SMILES string of the molecule is CCN1C(=O)/C(=C\c2cc(I)c(O)c(OC)c2)c2ccccc21. The molecule has 1 amide bonds. The summed E-state index contributed by atoms with van der Waals surface area (Å²) in [5.41, 5.74) is 3.35. The summed E-state index contributed by atoms with van der Waals surface area (Å²) >= 11 is 2.05. The number of likely N-dealkylation sites (N-methyl/N-ethyl adjacent to an activating group) is 1. The summed E-state index contributed by atoms with van der Waals surface area (Å²) in [7, 11) is 1.51. The summed E-state index contributed by atoms with van der Waals surface area (Å²) < 4.78 is 5.87. The van der Waals surface area contributed by atoms with Crippen LogP contribution in [0.3, 0.4) is 0 Å². The van der Waals surface area contributed by atoms with E-state index in [0.29, 0.717) is 21.4 Å². The third-order valence-electron chi connectivity index (χ3n) is 3.86. The molecule has 0 spiro atoms. The van der Waals surface area contributed by atoms with Crippen LogP contribution < -0.4 is 9.64 Å². The Hall–Kier alpha value is -2.02. The zero-order valence-electron chi connectivity index (χ0n) is 12.8. The van der Waals surface area contributed by atoms with Gasteiger partial charge in [0.15, 0.2) is 11.5 Å². The molecule has 0 fully saturated rings. The molecule has 0 bridgehead atoms. The van der Waals surface area contributed by atoms with Crippen LogP contribution >= 0.6 is 22.6 Å². The van der Waals surface area contributed by atoms with Crippen molar-refractivity contribution >= 4 is 45.8 Å². The summed E-state index contributed by atoms with van der Waals surface area (Å²) in [4.78, 5) is 14.4. The molecule has 23 heavy (non-hydrogen) atoms. The van der Waals surface area contributed by atoms with E-state index in [0.717, 1.165) is 16.8 Å². The van der Waals surface area contributed by atoms with Gasteiger partial charge in [-0.2, -0.15) is 0 Å². The van der Waals surface area contributed by atoms with Crippen LogP contribution in [0.4, 0.5) is 5.69 Å². The van der Waals surface area contributed by atoms with Gasteiger partial charge in [-0.25, -0.2) is 0 Å². The van der Waals surface area contributed by atoms with Crippen LogP contribution in [-0.4, -0.2) is 24.7 Å². The first-order chi connectivity index (χ1) is 11.1. The summed E-state index contributed by atoms with van der Waals surface area (Å²) in [5.74, 6) is 0.508. The Kier molecular flexibility index (Phi) is 4.30. The second kappa shape index (κ2) is 6.23. The first-order valence-corrected chi connectivity index (χ1v) is 8.34. The second-order valence-electron chi connectivity index (χ2n) is 5.18. The highest BCUT2D eigenvalue weighted by molar-refractivity contribution is 14.1. The molecular weight excluding hydrogens is 405 g/mol. The maximum Gasteiger partial charge on any atom is 0.258 e. The highest BCUT2D eigenvalue weighted by Gasteiger charge is 2.30. The molecule has 0 unspecified atom stereocenters. The van der Waals surface area contributed by atoms with Crippen molar-refractivity contribution in [3.05, 3.63) is 51.1 Å². The number of fused-ring (bicyclic) bond motifs is 1. The Bertz CT molecular complexity index is 814. The number of anilines is 1. The molecule has 0 aromatic heterocycles. The van der Waals surface area contributed by atoms with Crippen LogP contribution in [0.2, 0.25) is 0 Å². The number of carbonyl (C=O) groups is 1. The minimum atomic E-state index is -0.00394. The molecule has 0 saturated heterocycles. The Morgan fingerprint density at radius 2 is 2.04 bits per heavy atom. The van der Waals surface area contributed by atoms with Gasteiger partial charge >= 0.3 is 0 Å². The van der Waals surface area contributed by atoms with Crippen molar-refractivity contribution in [3.63, 3.8) is 0 Å². The number of amides is 1. The van der Waals surface area contributed by atoms with Crippen molar-refractivity contribution in [2.45, 2.75) is 6.92 Å². The third kappa shape index (κ3) is 2.69. The molecular formula is C18H16INO3. The van der Waals surface area contributed by atoms with E-state index in [-0.39, 0.29) is 11.7 Å². The third-order valence-corrected chi connectivity index (χ3v) is 4.68. The molecule has 2 aromatic rings. The van der Waals surface area contributed by atoms with Gasteiger partial charge in [0.05, 0.1) is 16.4 Å². The number of phenols is 1. The highest BCUT2D eigenvalue weighted by atomic mass is 127. The zero-order chi connectivity index (χ0) is 16.6. The van der Waals surface area contributed by atoms with Gasteiger partial charge in [-0.05, 0) is 59.4 Å². The van der Waals surface area contributed by atoms with Gasteiger partial charge in [0.2, 0.25) is 0 Å². The molecule has 0 atom stereocenters. The molecule has 1 aliphatic heterocycles. The van der Waals surface area contributed by atoms with E-state index >= 15 is 0 Å². The van der Waals surface area contributed by atoms with Crippen LogP contribution in [0.1, 0.15) is 18.1 Å². The standard InChI is InChI=1S/C18H16INO3/c1-3-20-15-7-5-4-6-12(15)13(18(20)22)8-11-9-14(19)17(21)16(10-11)23-2/h4-10,21H,3H2,1-2H3/b13-8-. The maximum absolute atomic E-state index is 12.7. The quantitative estimate of drug-likeness (QED) is 0.604. The van der Waals surface area contributed by atoms with Crippen molar-refractivity contribution in [2.75, 3.05) is 18.6 Å². The monoisotopic (exact) mass is 421 g/mol. The van der Waals surface area contributed by atoms with Gasteiger partial charge in [0.25, 0.3) is 5.91 Å². The fraction of sp³-hybridized carbons (Fsp3) is 0.167. The number of halogens is 1. The molecule has 1 N–H and O–H groups in total. The van der Waals surface area contributed by atoms with Crippen molar-refractivity contribution in [1.82, 2.24) is 0 Å². The van der Waals surface area contributed by atoms with Gasteiger partial charge in [0.1, 0.15) is 0 Å². The average molecular weight is 421 g/mol. The molecule has 3 rings (SSSR count). The molecule has 1 heterocycles. The number of rotatable bonds is 3. The number of methoxy groups -OCH3 is 1. The largest absolute Gasteiger partial charge is 0.504 e. The molecule has 0 radical (unpaired) electrons. The fourth-order valence-corrected chi connectivity index (χ4v) is 3.38. The maximum atomic E-state index is 12.7. The van der Waals surface area contributed by atoms with Crippen LogP contribution in [0.15, 0.2) is 36.4 Å². The molecule has 0 saturated carbocycles. The number of aromatic hydroxyl groups is 1. The van der Waals surface area contributed by atoms with E-state index in [1.807, 2.05) is 65.9 Å². The summed E-state index contributed by atoms with van der Waals surface area (Å²) in [6.07, 6.45) is 1.85. The average Bonchev–Trinajstić information content (AvgIpc) is 2.82. The lowest BCUT2D eigenvalue weighted by atomic mass is 10.0. The normalized spacial score (nSPS) is 15.2. The van der Waals surface area contributed by atoms with E-state index in [4.69, 9.17) is 4.74 Å². The number of phenolic OH excluding ortho intramolecular Hbond substituents is 1. The molecule has 5 heteroatoms. The predicted octanol–water partition coefficient (Wildman–Crippen LogP) is 3.91. The summed E-state index contributed by atoms with van der Waals surface area (Å²) in [5, 5.41) is 9.94. The fourth-order valence-electron chi connectivity index (χ4n) is 2.76. The number of benzene rings is 2. The summed E-state index contributed by atoms with van der Waals surface area (Å²) in [6, 6.07) is 11.3. The minimum Gasteiger partial charge on any atom is -0.504 e. The lowest BCUT2D eigenvalue weighted by molar-refractivity contribution is -0.112. The predicted molar refractivity (Wildman–Crippen MR) is 99.7 cm³/mol. The van der Waals surface area contributed by atoms with E-state index < -0.39 is 0 Å². The Morgan fingerprint density at radius 1 is 1.30 bits per heavy atom. The van der Waals surface area contributed by atoms with Crippen LogP contribution in [0, 0.1) is 3.57 Å². The molecule has 2 aromatic carbocycles. The molecule has 118 valence electrons. The Morgan fingerprint density at radius 3 is 2.74 bits per heavy atom. The van der Waals surface area contributed by atoms with E-state index in [1.165, 1.54) is 7.11 Å². The molecule has 0 aliphatic carbocycles. The van der Waals surface area contributed by atoms with Crippen LogP contribution in [0.25, 0.3) is 11.6 Å². The van der Waals surface area contributed by atoms with Crippen LogP contribution in [0.5, 0.6) is 11.5 Å². The van der Waals surface area contributed by atoms with Crippen molar-refractivity contribution in [1.29, 1.82) is 0 Å². The Labute approximate surface area is 148 Å². The molecule has 1 aliphatic rings. The number of hydrogen-bond donors (Lipinski definition) is 1. The van der Waals surface area contributed by atoms with Crippen molar-refractivity contribution in [3.8, 4) is 11.5 Å². The number of ether oxygens (including phenoxy) is 1. The number of hydrogen-bond acceptors (Lipinski definition) is 3. The number of para-hydroxylation sites is 1. The van der Waals surface area contributed by atoms with E-state index in [2.05, 4.69) is 0 Å². The van der Waals surface area contributed by atoms with Crippen LogP contribution in [-0.2, 0) is 4.79 Å². The van der Waals surface area contributed by atoms with Gasteiger partial charge < -0.3 is 14.7 Å². The zero-order valence-corrected chi connectivity index (χ0v) is 15.0. The van der Waals surface area contributed by atoms with Crippen molar-refractivity contribution in [2.24, 2.45) is 0 Å². The first-order valence-electron chi connectivity index (χ1n) is 7.26. The first kappa shape index (κ1) is 15.9. The van der Waals surface area contributed by atoms with Gasteiger partial charge in [0, 0.05) is 17.7 Å². The lowest BCUT2D eigenvalue weighted by Crippen LogP contribution is -2.25. The Balaban J connectivity index is 2.13. The van der Waals surface area contributed by atoms with Gasteiger partial charge in [-0.1, -0.05) is 18.2 Å².